The number of aryl methyl sites for hydroxylation is 2. The van der Waals surface area contributed by atoms with E-state index in [0.29, 0.717) is 17.9 Å². The predicted octanol–water partition coefficient (Wildman–Crippen LogP) is 5.86. The molecule has 0 aliphatic rings. The van der Waals surface area contributed by atoms with Crippen LogP contribution in [-0.2, 0) is 6.42 Å². The molecule has 0 bridgehead atoms. The van der Waals surface area contributed by atoms with Gasteiger partial charge in [-0.1, -0.05) is 52.8 Å². The number of aliphatic hydroxyl groups excluding tert-OH is 1. The van der Waals surface area contributed by atoms with Crippen molar-refractivity contribution in [2.75, 3.05) is 18.0 Å². The molecule has 1 aromatic heterocycles. The highest BCUT2D eigenvalue weighted by molar-refractivity contribution is 5.51. The summed E-state index contributed by atoms with van der Waals surface area (Å²) < 4.78 is 14.1. The van der Waals surface area contributed by atoms with Crippen LogP contribution in [0.5, 0.6) is 0 Å². The Morgan fingerprint density at radius 1 is 1.00 bits per heavy atom. The van der Waals surface area contributed by atoms with E-state index in [1.165, 1.54) is 6.07 Å². The molecule has 168 valence electrons. The highest BCUT2D eigenvalue weighted by atomic mass is 19.1. The van der Waals surface area contributed by atoms with Gasteiger partial charge in [0.25, 0.3) is 0 Å². The third kappa shape index (κ3) is 8.02. The van der Waals surface area contributed by atoms with Gasteiger partial charge in [0.05, 0.1) is 6.10 Å². The molecule has 5 heteroatoms. The maximum Gasteiger partial charge on any atom is 0.136 e. The van der Waals surface area contributed by atoms with E-state index in [4.69, 9.17) is 5.11 Å². The fourth-order valence-corrected chi connectivity index (χ4v) is 3.35. The molecule has 0 aliphatic heterocycles. The molecule has 0 aliphatic carbocycles. The maximum absolute atomic E-state index is 14.1. The van der Waals surface area contributed by atoms with Gasteiger partial charge in [-0.3, -0.25) is 0 Å². The van der Waals surface area contributed by atoms with E-state index in [-0.39, 0.29) is 11.9 Å². The molecule has 4 nitrogen and oxygen atoms in total. The fourth-order valence-electron chi connectivity index (χ4n) is 3.35. The van der Waals surface area contributed by atoms with Gasteiger partial charge in [0.2, 0.25) is 0 Å². The summed E-state index contributed by atoms with van der Waals surface area (Å²) in [5.74, 6) is 1.98. The highest BCUT2D eigenvalue weighted by Crippen LogP contribution is 2.25. The van der Waals surface area contributed by atoms with E-state index in [9.17, 15) is 4.39 Å². The van der Waals surface area contributed by atoms with Gasteiger partial charge in [-0.05, 0) is 50.7 Å². The van der Waals surface area contributed by atoms with Crippen molar-refractivity contribution >= 4 is 5.82 Å². The van der Waals surface area contributed by atoms with Gasteiger partial charge < -0.3 is 10.0 Å². The second-order valence-electron chi connectivity index (χ2n) is 8.13. The first kappa shape index (κ1) is 26.0. The molecule has 2 aromatic rings. The molecule has 2 rings (SSSR count). The molecular weight excluding hydrogens is 377 g/mol. The summed E-state index contributed by atoms with van der Waals surface area (Å²) in [6, 6.07) is 6.94. The number of aromatic nitrogens is 2. The largest absolute Gasteiger partial charge is 0.393 e. The van der Waals surface area contributed by atoms with Crippen LogP contribution in [0.25, 0.3) is 0 Å². The van der Waals surface area contributed by atoms with Crippen molar-refractivity contribution in [2.24, 2.45) is 5.92 Å². The van der Waals surface area contributed by atoms with Crippen molar-refractivity contribution in [1.82, 2.24) is 9.97 Å². The number of hydrogen-bond donors (Lipinski definition) is 1. The summed E-state index contributed by atoms with van der Waals surface area (Å²) >= 11 is 0. The van der Waals surface area contributed by atoms with Crippen LogP contribution in [0, 0.1) is 25.6 Å². The van der Waals surface area contributed by atoms with E-state index in [1.54, 1.807) is 6.07 Å². The summed E-state index contributed by atoms with van der Waals surface area (Å²) in [5.41, 5.74) is 2.66. The number of benzene rings is 1. The first-order valence-electron chi connectivity index (χ1n) is 11.2. The van der Waals surface area contributed by atoms with Gasteiger partial charge >= 0.3 is 0 Å². The Balaban J connectivity index is 0.000000553. The highest BCUT2D eigenvalue weighted by Gasteiger charge is 2.17. The van der Waals surface area contributed by atoms with Gasteiger partial charge in [-0.2, -0.15) is 0 Å². The first-order chi connectivity index (χ1) is 14.2. The van der Waals surface area contributed by atoms with Crippen LogP contribution < -0.4 is 4.90 Å². The third-order valence-electron chi connectivity index (χ3n) is 5.10. The Labute approximate surface area is 182 Å². The summed E-state index contributed by atoms with van der Waals surface area (Å²) in [5, 5.41) is 8.94. The summed E-state index contributed by atoms with van der Waals surface area (Å²) in [4.78, 5) is 11.5. The van der Waals surface area contributed by atoms with Crippen LogP contribution in [0.2, 0.25) is 0 Å². The average molecular weight is 418 g/mol. The molecule has 1 atom stereocenters. The molecule has 1 heterocycles. The molecule has 1 N–H and O–H groups in total. The van der Waals surface area contributed by atoms with Gasteiger partial charge in [0.1, 0.15) is 17.5 Å². The zero-order chi connectivity index (χ0) is 22.7. The molecule has 0 amide bonds. The zero-order valence-electron chi connectivity index (χ0n) is 19.9. The van der Waals surface area contributed by atoms with Crippen LogP contribution in [-0.4, -0.2) is 34.3 Å². The molecule has 0 radical (unpaired) electrons. The van der Waals surface area contributed by atoms with Crippen molar-refractivity contribution in [2.45, 2.75) is 80.3 Å². The van der Waals surface area contributed by atoms with Crippen LogP contribution in [0.4, 0.5) is 10.2 Å². The second kappa shape index (κ2) is 13.3. The monoisotopic (exact) mass is 417 g/mol. The van der Waals surface area contributed by atoms with Crippen molar-refractivity contribution < 1.29 is 9.50 Å². The minimum atomic E-state index is -0.170. The number of hydrogen-bond acceptors (Lipinski definition) is 4. The van der Waals surface area contributed by atoms with E-state index >= 15 is 0 Å². The molecule has 30 heavy (non-hydrogen) atoms. The lowest BCUT2D eigenvalue weighted by Crippen LogP contribution is -2.28. The summed E-state index contributed by atoms with van der Waals surface area (Å²) in [6.45, 7) is 16.2. The second-order valence-corrected chi connectivity index (χ2v) is 8.13. The fraction of sp³-hybridized carbons (Fsp3) is 0.600. The standard InChI is InChI=1S/C19H26FN3.C6H14O/c1-5-11-23(12-6-2)19-17(14(3)21-15(4)22-19)13-16-9-7-8-10-18(16)20;1-4-6(7)5(2)3/h7-10H,5-6,11-13H2,1-4H3;5-7H,4H2,1-3H3. The summed E-state index contributed by atoms with van der Waals surface area (Å²) in [6.07, 6.45) is 3.41. The summed E-state index contributed by atoms with van der Waals surface area (Å²) in [7, 11) is 0. The molecule has 0 fully saturated rings. The van der Waals surface area contributed by atoms with Gasteiger partial charge in [0.15, 0.2) is 0 Å². The molecule has 0 saturated carbocycles. The Hall–Kier alpha value is -2.01. The first-order valence-corrected chi connectivity index (χ1v) is 11.2. The van der Waals surface area contributed by atoms with E-state index < -0.39 is 0 Å². The topological polar surface area (TPSA) is 49.2 Å². The number of nitrogens with zero attached hydrogens (tertiary/aromatic N) is 3. The van der Waals surface area contributed by atoms with Crippen LogP contribution >= 0.6 is 0 Å². The quantitative estimate of drug-likeness (QED) is 0.555. The predicted molar refractivity (Wildman–Crippen MR) is 125 cm³/mol. The van der Waals surface area contributed by atoms with E-state index in [0.717, 1.165) is 55.3 Å². The van der Waals surface area contributed by atoms with Crippen LogP contribution in [0.3, 0.4) is 0 Å². The average Bonchev–Trinajstić information content (AvgIpc) is 2.70. The molecule has 1 aromatic carbocycles. The van der Waals surface area contributed by atoms with Gasteiger partial charge in [-0.15, -0.1) is 0 Å². The minimum Gasteiger partial charge on any atom is -0.393 e. The lowest BCUT2D eigenvalue weighted by atomic mass is 10.0. The van der Waals surface area contributed by atoms with E-state index in [1.807, 2.05) is 46.8 Å². The normalized spacial score (nSPS) is 11.8. The number of halogens is 1. The Bertz CT molecular complexity index is 758. The lowest BCUT2D eigenvalue weighted by Gasteiger charge is -2.26. The smallest absolute Gasteiger partial charge is 0.136 e. The Morgan fingerprint density at radius 2 is 1.60 bits per heavy atom. The number of aliphatic hydroxyl groups is 1. The van der Waals surface area contributed by atoms with E-state index in [2.05, 4.69) is 28.7 Å². The molecular formula is C25H40FN3O. The molecule has 0 spiro atoms. The lowest BCUT2D eigenvalue weighted by molar-refractivity contribution is 0.121. The van der Waals surface area contributed by atoms with Gasteiger partial charge in [0, 0.05) is 30.8 Å². The Kier molecular flexibility index (Phi) is 11.6. The number of anilines is 1. The van der Waals surface area contributed by atoms with Crippen molar-refractivity contribution in [3.8, 4) is 0 Å². The number of rotatable bonds is 9. The van der Waals surface area contributed by atoms with Crippen LogP contribution in [0.15, 0.2) is 24.3 Å². The maximum atomic E-state index is 14.1. The van der Waals surface area contributed by atoms with Crippen molar-refractivity contribution in [3.63, 3.8) is 0 Å². The van der Waals surface area contributed by atoms with Crippen LogP contribution in [0.1, 0.15) is 76.5 Å². The zero-order valence-corrected chi connectivity index (χ0v) is 19.9. The third-order valence-corrected chi connectivity index (χ3v) is 5.10. The Morgan fingerprint density at radius 3 is 2.07 bits per heavy atom. The van der Waals surface area contributed by atoms with Crippen molar-refractivity contribution in [3.05, 3.63) is 52.7 Å². The minimum absolute atomic E-state index is 0.0972. The molecule has 0 saturated heterocycles. The SMILES string of the molecule is CCC(O)C(C)C.CCCN(CCC)c1nc(C)nc(C)c1Cc1ccccc1F. The molecule has 1 unspecified atom stereocenters. The van der Waals surface area contributed by atoms with Gasteiger partial charge in [-0.25, -0.2) is 14.4 Å². The van der Waals surface area contributed by atoms with Crippen molar-refractivity contribution in [1.29, 1.82) is 0 Å².